The van der Waals surface area contributed by atoms with Crippen molar-refractivity contribution < 1.29 is 19.2 Å². The lowest BCUT2D eigenvalue weighted by Gasteiger charge is -2.33. The highest BCUT2D eigenvalue weighted by molar-refractivity contribution is 6.32. The highest BCUT2D eigenvalue weighted by atomic mass is 35.5. The summed E-state index contributed by atoms with van der Waals surface area (Å²) in [4.78, 5) is 35.1. The zero-order chi connectivity index (χ0) is 18.2. The van der Waals surface area contributed by atoms with Crippen LogP contribution in [0.3, 0.4) is 0 Å². The molecular weight excluding hydrogens is 348 g/mol. The van der Waals surface area contributed by atoms with E-state index in [1.807, 2.05) is 0 Å². The summed E-state index contributed by atoms with van der Waals surface area (Å²) in [5.41, 5.74) is -0.416. The normalized spacial score (nSPS) is 18.9. The van der Waals surface area contributed by atoms with Gasteiger partial charge >= 0.3 is 5.97 Å². The van der Waals surface area contributed by atoms with E-state index in [9.17, 15) is 19.7 Å². The molecule has 0 fully saturated rings. The molecule has 1 atom stereocenters. The fourth-order valence-electron chi connectivity index (χ4n) is 2.65. The van der Waals surface area contributed by atoms with Crippen molar-refractivity contribution in [3.8, 4) is 0 Å². The molecule has 0 bridgehead atoms. The molecule has 0 aliphatic carbocycles. The fourth-order valence-corrected chi connectivity index (χ4v) is 2.84. The molecule has 0 saturated carbocycles. The number of nitrogens with zero attached hydrogens (tertiary/aromatic N) is 1. The van der Waals surface area contributed by atoms with Crippen LogP contribution in [0.1, 0.15) is 22.8 Å². The number of nitro groups is 1. The average molecular weight is 361 g/mol. The number of anilines is 1. The number of fused-ring (bicyclic) bond motifs is 1. The van der Waals surface area contributed by atoms with Crippen LogP contribution in [0.25, 0.3) is 0 Å². The van der Waals surface area contributed by atoms with Crippen molar-refractivity contribution in [3.05, 3.63) is 68.7 Å². The van der Waals surface area contributed by atoms with Crippen LogP contribution in [0.15, 0.2) is 42.5 Å². The number of rotatable bonds is 3. The molecule has 2 aromatic carbocycles. The van der Waals surface area contributed by atoms with Gasteiger partial charge in [-0.3, -0.25) is 14.9 Å². The highest BCUT2D eigenvalue weighted by Gasteiger charge is 2.42. The van der Waals surface area contributed by atoms with Gasteiger partial charge in [-0.15, -0.1) is 0 Å². The number of benzene rings is 2. The number of nitro benzene ring substituents is 1. The van der Waals surface area contributed by atoms with Crippen molar-refractivity contribution in [1.82, 2.24) is 0 Å². The maximum Gasteiger partial charge on any atom is 0.339 e. The summed E-state index contributed by atoms with van der Waals surface area (Å²) >= 11 is 5.76. The molecule has 1 N–H and O–H groups in total. The van der Waals surface area contributed by atoms with Crippen LogP contribution in [0.2, 0.25) is 5.02 Å². The van der Waals surface area contributed by atoms with Crippen molar-refractivity contribution >= 4 is 34.9 Å². The van der Waals surface area contributed by atoms with Gasteiger partial charge in [0, 0.05) is 18.2 Å². The number of hydrogen-bond acceptors (Lipinski definition) is 5. The van der Waals surface area contributed by atoms with Crippen LogP contribution in [-0.2, 0) is 16.0 Å². The lowest BCUT2D eigenvalue weighted by atomic mass is 9.89. The Kier molecular flexibility index (Phi) is 4.18. The van der Waals surface area contributed by atoms with Crippen molar-refractivity contribution in [2.24, 2.45) is 0 Å². The van der Waals surface area contributed by atoms with Crippen LogP contribution in [-0.4, -0.2) is 22.4 Å². The van der Waals surface area contributed by atoms with Gasteiger partial charge in [0.25, 0.3) is 11.6 Å². The Bertz CT molecular complexity index is 898. The van der Waals surface area contributed by atoms with Gasteiger partial charge in [-0.2, -0.15) is 0 Å². The average Bonchev–Trinajstić information content (AvgIpc) is 2.56. The molecule has 128 valence electrons. The number of amides is 1. The number of carbonyl (C=O) groups excluding carboxylic acids is 2. The minimum absolute atomic E-state index is 0.0350. The summed E-state index contributed by atoms with van der Waals surface area (Å²) in [6.45, 7) is 1.50. The first-order chi connectivity index (χ1) is 11.8. The van der Waals surface area contributed by atoms with Gasteiger partial charge in [-0.05, 0) is 30.7 Å². The van der Waals surface area contributed by atoms with E-state index in [2.05, 4.69) is 5.32 Å². The van der Waals surface area contributed by atoms with E-state index in [0.29, 0.717) is 11.1 Å². The summed E-state index contributed by atoms with van der Waals surface area (Å²) in [6.07, 6.45) is 0.205. The molecule has 0 unspecified atom stereocenters. The van der Waals surface area contributed by atoms with Crippen molar-refractivity contribution in [3.63, 3.8) is 0 Å². The predicted molar refractivity (Wildman–Crippen MR) is 90.7 cm³/mol. The first-order valence-electron chi connectivity index (χ1n) is 7.37. The summed E-state index contributed by atoms with van der Waals surface area (Å²) in [6, 6.07) is 10.8. The van der Waals surface area contributed by atoms with E-state index < -0.39 is 22.4 Å². The van der Waals surface area contributed by atoms with E-state index in [4.69, 9.17) is 16.3 Å². The molecule has 1 aliphatic heterocycles. The molecule has 0 aromatic heterocycles. The van der Waals surface area contributed by atoms with Gasteiger partial charge in [0.1, 0.15) is 5.02 Å². The molecule has 2 aromatic rings. The van der Waals surface area contributed by atoms with Crippen LogP contribution in [0.5, 0.6) is 0 Å². The maximum absolute atomic E-state index is 12.6. The second-order valence-corrected chi connectivity index (χ2v) is 6.24. The number of carbonyl (C=O) groups is 2. The molecule has 0 saturated heterocycles. The predicted octanol–water partition coefficient (Wildman–Crippen LogP) is 3.36. The van der Waals surface area contributed by atoms with Crippen LogP contribution in [0, 0.1) is 10.1 Å². The maximum atomic E-state index is 12.6. The topological polar surface area (TPSA) is 98.5 Å². The number of hydrogen-bond donors (Lipinski definition) is 1. The molecule has 3 rings (SSSR count). The molecule has 7 nitrogen and oxygen atoms in total. The highest BCUT2D eigenvalue weighted by Crippen LogP contribution is 2.31. The third kappa shape index (κ3) is 3.18. The first-order valence-corrected chi connectivity index (χ1v) is 7.74. The van der Waals surface area contributed by atoms with Crippen LogP contribution >= 0.6 is 11.6 Å². The smallest absolute Gasteiger partial charge is 0.339 e. The zero-order valence-corrected chi connectivity index (χ0v) is 13.9. The summed E-state index contributed by atoms with van der Waals surface area (Å²) in [5.74, 6) is -1.16. The number of halogens is 1. The van der Waals surface area contributed by atoms with Crippen LogP contribution in [0.4, 0.5) is 11.4 Å². The molecule has 1 heterocycles. The Morgan fingerprint density at radius 1 is 1.32 bits per heavy atom. The Labute approximate surface area is 147 Å². The summed E-state index contributed by atoms with van der Waals surface area (Å²) in [5, 5.41) is 13.5. The molecule has 1 amide bonds. The lowest BCUT2D eigenvalue weighted by Crippen LogP contribution is -2.48. The number of cyclic esters (lactones) is 1. The van der Waals surface area contributed by atoms with E-state index in [0.717, 1.165) is 6.07 Å². The Morgan fingerprint density at radius 3 is 2.76 bits per heavy atom. The molecule has 25 heavy (non-hydrogen) atoms. The summed E-state index contributed by atoms with van der Waals surface area (Å²) < 4.78 is 5.32. The number of nitrogens with one attached hydrogen (secondary N) is 1. The second-order valence-electron chi connectivity index (χ2n) is 5.83. The third-order valence-electron chi connectivity index (χ3n) is 3.96. The van der Waals surface area contributed by atoms with Crippen molar-refractivity contribution in [2.75, 3.05) is 5.32 Å². The minimum atomic E-state index is -1.42. The van der Waals surface area contributed by atoms with E-state index in [1.54, 1.807) is 24.3 Å². The Balaban J connectivity index is 1.86. The zero-order valence-electron chi connectivity index (χ0n) is 13.1. The molecule has 8 heteroatoms. The second kappa shape index (κ2) is 6.18. The van der Waals surface area contributed by atoms with Crippen molar-refractivity contribution in [2.45, 2.75) is 18.9 Å². The number of ether oxygens (including phenoxy) is 1. The quantitative estimate of drug-likeness (QED) is 0.514. The molecule has 0 spiro atoms. The minimum Gasteiger partial charge on any atom is -0.445 e. The Morgan fingerprint density at radius 2 is 2.04 bits per heavy atom. The van der Waals surface area contributed by atoms with E-state index >= 15 is 0 Å². The SMILES string of the molecule is C[C@]1(C(=O)Nc2ccc(Cl)c([N+](=O)[O-])c2)Cc2ccccc2C(=O)O1. The van der Waals surface area contributed by atoms with E-state index in [-0.39, 0.29) is 22.8 Å². The summed E-state index contributed by atoms with van der Waals surface area (Å²) in [7, 11) is 0. The monoisotopic (exact) mass is 360 g/mol. The first kappa shape index (κ1) is 16.9. The molecule has 0 radical (unpaired) electrons. The molecular formula is C17H13ClN2O5. The van der Waals surface area contributed by atoms with E-state index in [1.165, 1.54) is 19.1 Å². The van der Waals surface area contributed by atoms with Crippen LogP contribution < -0.4 is 5.32 Å². The van der Waals surface area contributed by atoms with Crippen molar-refractivity contribution in [1.29, 1.82) is 0 Å². The van der Waals surface area contributed by atoms with Gasteiger partial charge in [0.05, 0.1) is 10.5 Å². The standard InChI is InChI=1S/C17H13ClN2O5/c1-17(9-10-4-2-3-5-12(10)15(21)25-17)16(22)19-11-6-7-13(18)14(8-11)20(23)24/h2-8H,9H2,1H3,(H,19,22)/t17-/m1/s1. The molecule has 1 aliphatic rings. The van der Waals surface area contributed by atoms with Gasteiger partial charge in [0.15, 0.2) is 5.60 Å². The van der Waals surface area contributed by atoms with Gasteiger partial charge in [0.2, 0.25) is 0 Å². The lowest BCUT2D eigenvalue weighted by molar-refractivity contribution is -0.384. The van der Waals surface area contributed by atoms with Gasteiger partial charge < -0.3 is 10.1 Å². The fraction of sp³-hybridized carbons (Fsp3) is 0.176. The largest absolute Gasteiger partial charge is 0.445 e. The Hall–Kier alpha value is -2.93. The van der Waals surface area contributed by atoms with Gasteiger partial charge in [-0.25, -0.2) is 4.79 Å². The number of esters is 1. The van der Waals surface area contributed by atoms with Gasteiger partial charge in [-0.1, -0.05) is 29.8 Å². The third-order valence-corrected chi connectivity index (χ3v) is 4.28.